The largest absolute Gasteiger partial charge is 0.371 e. The van der Waals surface area contributed by atoms with Crippen LogP contribution in [-0.2, 0) is 4.74 Å². The van der Waals surface area contributed by atoms with Gasteiger partial charge in [0.05, 0.1) is 5.60 Å². The summed E-state index contributed by atoms with van der Waals surface area (Å²) < 4.78 is 6.71. The number of allylic oxidation sites excluding steroid dienone is 2. The average molecular weight is 217 g/mol. The zero-order valence-electron chi connectivity index (χ0n) is 6.93. The second kappa shape index (κ2) is 3.55. The monoisotopic (exact) mass is 216 g/mol. The Morgan fingerprint density at radius 2 is 2.45 bits per heavy atom. The molecule has 0 radical (unpaired) electrons. The highest BCUT2D eigenvalue weighted by atomic mass is 79.9. The van der Waals surface area contributed by atoms with Crippen LogP contribution in [0.1, 0.15) is 20.3 Å². The summed E-state index contributed by atoms with van der Waals surface area (Å²) in [5, 5.41) is 0. The third kappa shape index (κ3) is 2.46. The molecular formula is C9H13BrO. The average Bonchev–Trinajstić information content (AvgIpc) is 1.97. The molecule has 0 amide bonds. The Morgan fingerprint density at radius 1 is 1.73 bits per heavy atom. The molecule has 0 spiro atoms. The molecule has 0 aromatic carbocycles. The Bertz CT molecular complexity index is 196. The molecule has 0 fully saturated rings. The minimum atomic E-state index is -0.0774. The Labute approximate surface area is 76.3 Å². The van der Waals surface area contributed by atoms with E-state index in [9.17, 15) is 0 Å². The lowest BCUT2D eigenvalue weighted by atomic mass is 9.98. The minimum Gasteiger partial charge on any atom is -0.371 e. The topological polar surface area (TPSA) is 9.23 Å². The minimum absolute atomic E-state index is 0.0774. The molecule has 0 N–H and O–H groups in total. The summed E-state index contributed by atoms with van der Waals surface area (Å²) in [6, 6.07) is 0. The fourth-order valence-corrected chi connectivity index (χ4v) is 1.42. The van der Waals surface area contributed by atoms with Crippen molar-refractivity contribution in [3.05, 3.63) is 22.7 Å². The van der Waals surface area contributed by atoms with E-state index in [1.807, 2.05) is 13.0 Å². The van der Waals surface area contributed by atoms with Crippen LogP contribution in [-0.4, -0.2) is 12.2 Å². The van der Waals surface area contributed by atoms with Crippen LogP contribution in [0.4, 0.5) is 0 Å². The van der Waals surface area contributed by atoms with E-state index in [1.54, 1.807) is 0 Å². The zero-order valence-corrected chi connectivity index (χ0v) is 8.52. The van der Waals surface area contributed by atoms with Gasteiger partial charge in [-0.1, -0.05) is 28.1 Å². The van der Waals surface area contributed by atoms with Crippen LogP contribution in [0.3, 0.4) is 0 Å². The third-order valence-electron chi connectivity index (χ3n) is 1.77. The molecule has 1 rings (SSSR count). The summed E-state index contributed by atoms with van der Waals surface area (Å²) in [5.74, 6) is 0. The van der Waals surface area contributed by atoms with Gasteiger partial charge in [-0.15, -0.1) is 0 Å². The standard InChI is InChI=1S/C9H13BrO/c1-3-11-9(2)6-4-8(10)5-7-9/h4-6H,3,7H2,1-2H3. The molecule has 2 heteroatoms. The highest BCUT2D eigenvalue weighted by molar-refractivity contribution is 9.11. The van der Waals surface area contributed by atoms with E-state index in [0.29, 0.717) is 0 Å². The van der Waals surface area contributed by atoms with Gasteiger partial charge >= 0.3 is 0 Å². The zero-order chi connectivity index (χ0) is 8.32. The third-order valence-corrected chi connectivity index (χ3v) is 2.36. The van der Waals surface area contributed by atoms with Crippen molar-refractivity contribution in [1.82, 2.24) is 0 Å². The summed E-state index contributed by atoms with van der Waals surface area (Å²) in [7, 11) is 0. The molecule has 1 aliphatic rings. The summed E-state index contributed by atoms with van der Waals surface area (Å²) in [4.78, 5) is 0. The SMILES string of the molecule is CCOC1(C)C=CC(Br)=CC1. The van der Waals surface area contributed by atoms with Gasteiger partial charge in [-0.25, -0.2) is 0 Å². The van der Waals surface area contributed by atoms with Crippen molar-refractivity contribution in [3.63, 3.8) is 0 Å². The first kappa shape index (κ1) is 9.01. The maximum Gasteiger partial charge on any atom is 0.0872 e. The number of ether oxygens (including phenoxy) is 1. The van der Waals surface area contributed by atoms with E-state index in [4.69, 9.17) is 4.74 Å². The van der Waals surface area contributed by atoms with Crippen LogP contribution in [0.5, 0.6) is 0 Å². The molecule has 62 valence electrons. The van der Waals surface area contributed by atoms with Gasteiger partial charge in [-0.05, 0) is 26.3 Å². The van der Waals surface area contributed by atoms with Crippen molar-refractivity contribution in [2.75, 3.05) is 6.61 Å². The second-order valence-electron chi connectivity index (χ2n) is 2.87. The fourth-order valence-electron chi connectivity index (χ4n) is 1.13. The van der Waals surface area contributed by atoms with Crippen molar-refractivity contribution in [3.8, 4) is 0 Å². The van der Waals surface area contributed by atoms with Crippen LogP contribution < -0.4 is 0 Å². The molecule has 1 unspecified atom stereocenters. The first-order valence-corrected chi connectivity index (χ1v) is 4.64. The Kier molecular flexibility index (Phi) is 2.90. The van der Waals surface area contributed by atoms with Crippen LogP contribution >= 0.6 is 15.9 Å². The molecule has 0 aromatic rings. The maximum absolute atomic E-state index is 5.57. The quantitative estimate of drug-likeness (QED) is 0.690. The van der Waals surface area contributed by atoms with Crippen molar-refractivity contribution in [2.24, 2.45) is 0 Å². The molecule has 0 saturated carbocycles. The summed E-state index contributed by atoms with van der Waals surface area (Å²) in [6.07, 6.45) is 7.23. The van der Waals surface area contributed by atoms with Crippen molar-refractivity contribution < 1.29 is 4.74 Å². The van der Waals surface area contributed by atoms with E-state index in [2.05, 4.69) is 35.0 Å². The molecular weight excluding hydrogens is 204 g/mol. The molecule has 1 aliphatic carbocycles. The van der Waals surface area contributed by atoms with Gasteiger partial charge in [-0.2, -0.15) is 0 Å². The molecule has 0 aliphatic heterocycles. The van der Waals surface area contributed by atoms with Crippen LogP contribution in [0, 0.1) is 0 Å². The molecule has 1 nitrogen and oxygen atoms in total. The van der Waals surface area contributed by atoms with Crippen molar-refractivity contribution >= 4 is 15.9 Å². The lowest BCUT2D eigenvalue weighted by Crippen LogP contribution is -2.26. The first-order valence-electron chi connectivity index (χ1n) is 3.85. The number of hydrogen-bond donors (Lipinski definition) is 0. The van der Waals surface area contributed by atoms with Crippen LogP contribution in [0.2, 0.25) is 0 Å². The lowest BCUT2D eigenvalue weighted by molar-refractivity contribution is 0.0153. The van der Waals surface area contributed by atoms with Crippen LogP contribution in [0.25, 0.3) is 0 Å². The van der Waals surface area contributed by atoms with Gasteiger partial charge in [0.2, 0.25) is 0 Å². The number of halogens is 1. The molecule has 0 aromatic heterocycles. The summed E-state index contributed by atoms with van der Waals surface area (Å²) in [5.41, 5.74) is -0.0774. The van der Waals surface area contributed by atoms with Crippen molar-refractivity contribution in [2.45, 2.75) is 25.9 Å². The van der Waals surface area contributed by atoms with Crippen LogP contribution in [0.15, 0.2) is 22.7 Å². The molecule has 0 heterocycles. The lowest BCUT2D eigenvalue weighted by Gasteiger charge is -2.26. The predicted octanol–water partition coefficient (Wildman–Crippen LogP) is 3.02. The van der Waals surface area contributed by atoms with Gasteiger partial charge < -0.3 is 4.74 Å². The maximum atomic E-state index is 5.57. The normalized spacial score (nSPS) is 30.3. The van der Waals surface area contributed by atoms with E-state index in [1.165, 1.54) is 0 Å². The molecule has 0 saturated heterocycles. The van der Waals surface area contributed by atoms with E-state index in [0.717, 1.165) is 17.5 Å². The Balaban J connectivity index is 2.58. The Hall–Kier alpha value is -0.0800. The predicted molar refractivity (Wildman–Crippen MR) is 50.8 cm³/mol. The van der Waals surface area contributed by atoms with E-state index in [-0.39, 0.29) is 5.60 Å². The van der Waals surface area contributed by atoms with Gasteiger partial charge in [0.15, 0.2) is 0 Å². The van der Waals surface area contributed by atoms with E-state index >= 15 is 0 Å². The van der Waals surface area contributed by atoms with Gasteiger partial charge in [0.1, 0.15) is 0 Å². The van der Waals surface area contributed by atoms with Gasteiger partial charge in [-0.3, -0.25) is 0 Å². The first-order chi connectivity index (χ1) is 5.16. The second-order valence-corrected chi connectivity index (χ2v) is 3.79. The smallest absolute Gasteiger partial charge is 0.0872 e. The Morgan fingerprint density at radius 3 is 2.91 bits per heavy atom. The highest BCUT2D eigenvalue weighted by Crippen LogP contribution is 2.26. The number of hydrogen-bond acceptors (Lipinski definition) is 1. The number of rotatable bonds is 2. The molecule has 1 atom stereocenters. The summed E-state index contributed by atoms with van der Waals surface area (Å²) >= 11 is 3.41. The van der Waals surface area contributed by atoms with Crippen molar-refractivity contribution in [1.29, 1.82) is 0 Å². The highest BCUT2D eigenvalue weighted by Gasteiger charge is 2.21. The van der Waals surface area contributed by atoms with E-state index < -0.39 is 0 Å². The fraction of sp³-hybridized carbons (Fsp3) is 0.556. The molecule has 0 bridgehead atoms. The van der Waals surface area contributed by atoms with Gasteiger partial charge in [0.25, 0.3) is 0 Å². The summed E-state index contributed by atoms with van der Waals surface area (Å²) in [6.45, 7) is 4.89. The molecule has 11 heavy (non-hydrogen) atoms. The van der Waals surface area contributed by atoms with Gasteiger partial charge in [0, 0.05) is 11.1 Å².